The van der Waals surface area contributed by atoms with E-state index in [1.54, 1.807) is 0 Å². The van der Waals surface area contributed by atoms with Crippen LogP contribution < -0.4 is 5.32 Å². The highest BCUT2D eigenvalue weighted by atomic mass is 32.1. The van der Waals surface area contributed by atoms with Crippen LogP contribution in [0.3, 0.4) is 0 Å². The molecule has 0 radical (unpaired) electrons. The summed E-state index contributed by atoms with van der Waals surface area (Å²) in [6, 6.07) is 13.2. The zero-order valence-electron chi connectivity index (χ0n) is 17.2. The molecule has 4 nitrogen and oxygen atoms in total. The molecule has 1 fully saturated rings. The Hall–Kier alpha value is -2.40. The first-order chi connectivity index (χ1) is 14.2. The number of pyridine rings is 1. The zero-order valence-corrected chi connectivity index (χ0v) is 18.0. The second-order valence-electron chi connectivity index (χ2n) is 8.09. The number of rotatable bonds is 6. The number of benzene rings is 1. The van der Waals surface area contributed by atoms with Crippen LogP contribution in [0.1, 0.15) is 48.9 Å². The molecule has 0 amide bonds. The molecular weight excluding hydrogens is 376 g/mol. The van der Waals surface area contributed by atoms with Crippen LogP contribution in [0.2, 0.25) is 0 Å². The van der Waals surface area contributed by atoms with Gasteiger partial charge in [0.1, 0.15) is 0 Å². The zero-order chi connectivity index (χ0) is 20.1. The summed E-state index contributed by atoms with van der Waals surface area (Å²) in [6.45, 7) is 3.84. The second kappa shape index (κ2) is 9.40. The van der Waals surface area contributed by atoms with Crippen molar-refractivity contribution >= 4 is 28.2 Å². The Morgan fingerprint density at radius 2 is 2.00 bits per heavy atom. The van der Waals surface area contributed by atoms with Gasteiger partial charge < -0.3 is 15.2 Å². The van der Waals surface area contributed by atoms with Crippen molar-refractivity contribution in [3.05, 3.63) is 65.6 Å². The first-order valence-corrected chi connectivity index (χ1v) is 11.1. The second-order valence-corrected chi connectivity index (χ2v) is 8.48. The van der Waals surface area contributed by atoms with E-state index in [-0.39, 0.29) is 0 Å². The van der Waals surface area contributed by atoms with Crippen LogP contribution in [0.15, 0.2) is 48.8 Å². The molecule has 0 unspecified atom stereocenters. The number of aromatic nitrogens is 2. The number of hydrogen-bond donors (Lipinski definition) is 2. The molecule has 1 saturated carbocycles. The number of fused-ring (bicyclic) bond motifs is 1. The summed E-state index contributed by atoms with van der Waals surface area (Å²) in [5, 5.41) is 5.84. The smallest absolute Gasteiger partial charge is 0.169 e. The largest absolute Gasteiger partial charge is 0.360 e. The molecule has 4 rings (SSSR count). The summed E-state index contributed by atoms with van der Waals surface area (Å²) >= 11 is 5.87. The van der Waals surface area contributed by atoms with Gasteiger partial charge in [-0.3, -0.25) is 4.98 Å². The van der Waals surface area contributed by atoms with Crippen molar-refractivity contribution in [3.8, 4) is 0 Å². The number of aromatic amines is 1. The summed E-state index contributed by atoms with van der Waals surface area (Å²) in [4.78, 5) is 10.1. The predicted molar refractivity (Wildman–Crippen MR) is 124 cm³/mol. The van der Waals surface area contributed by atoms with Gasteiger partial charge in [0.2, 0.25) is 0 Å². The van der Waals surface area contributed by atoms with E-state index in [0.29, 0.717) is 6.04 Å². The Balaban J connectivity index is 1.49. The van der Waals surface area contributed by atoms with Gasteiger partial charge in [-0.05, 0) is 61.7 Å². The van der Waals surface area contributed by atoms with Crippen LogP contribution in [0, 0.1) is 6.92 Å². The molecule has 1 aromatic carbocycles. The van der Waals surface area contributed by atoms with Gasteiger partial charge in [0.05, 0.1) is 0 Å². The summed E-state index contributed by atoms with van der Waals surface area (Å²) < 4.78 is 0. The van der Waals surface area contributed by atoms with Crippen molar-refractivity contribution in [1.82, 2.24) is 20.2 Å². The Morgan fingerprint density at radius 3 is 2.79 bits per heavy atom. The molecule has 5 heteroatoms. The summed E-state index contributed by atoms with van der Waals surface area (Å²) in [7, 11) is 0. The Kier molecular flexibility index (Phi) is 6.45. The minimum atomic E-state index is 0.516. The van der Waals surface area contributed by atoms with E-state index in [9.17, 15) is 0 Å². The quantitative estimate of drug-likeness (QED) is 0.558. The van der Waals surface area contributed by atoms with Crippen LogP contribution in [0.4, 0.5) is 0 Å². The molecule has 2 N–H and O–H groups in total. The molecule has 1 aliphatic rings. The van der Waals surface area contributed by atoms with Gasteiger partial charge in [0.25, 0.3) is 0 Å². The highest BCUT2D eigenvalue weighted by Crippen LogP contribution is 2.23. The highest BCUT2D eigenvalue weighted by molar-refractivity contribution is 7.80. The fraction of sp³-hybridized carbons (Fsp3) is 0.417. The average molecular weight is 407 g/mol. The van der Waals surface area contributed by atoms with Gasteiger partial charge in [-0.15, -0.1) is 0 Å². The summed E-state index contributed by atoms with van der Waals surface area (Å²) in [5.41, 5.74) is 5.04. The number of hydrogen-bond acceptors (Lipinski definition) is 2. The van der Waals surface area contributed by atoms with E-state index in [4.69, 9.17) is 12.2 Å². The fourth-order valence-corrected chi connectivity index (χ4v) is 4.70. The standard InChI is InChI=1S/C24H30N4S/c1-18-21(22-11-5-6-12-23(22)26-18)13-15-28(17-19-8-7-14-25-16-19)24(29)27-20-9-3-2-4-10-20/h5-8,11-12,14,16,20,26H,2-4,9-10,13,15,17H2,1H3,(H,27,29). The maximum absolute atomic E-state index is 5.87. The maximum Gasteiger partial charge on any atom is 0.169 e. The van der Waals surface area contributed by atoms with E-state index in [2.05, 4.69) is 57.4 Å². The lowest BCUT2D eigenvalue weighted by molar-refractivity contribution is 0.369. The molecule has 2 heterocycles. The fourth-order valence-electron chi connectivity index (χ4n) is 4.38. The van der Waals surface area contributed by atoms with Crippen molar-refractivity contribution in [2.24, 2.45) is 0 Å². The number of para-hydroxylation sites is 1. The number of thiocarbonyl (C=S) groups is 1. The van der Waals surface area contributed by atoms with Crippen molar-refractivity contribution < 1.29 is 0 Å². The molecule has 0 spiro atoms. The Labute approximate surface area is 178 Å². The van der Waals surface area contributed by atoms with Crippen LogP contribution in [0.5, 0.6) is 0 Å². The first kappa shape index (κ1) is 19.9. The molecule has 3 aromatic rings. The van der Waals surface area contributed by atoms with E-state index in [1.807, 2.05) is 18.5 Å². The normalized spacial score (nSPS) is 14.8. The lowest BCUT2D eigenvalue weighted by Crippen LogP contribution is -2.45. The third-order valence-corrected chi connectivity index (χ3v) is 6.35. The first-order valence-electron chi connectivity index (χ1n) is 10.7. The summed E-state index contributed by atoms with van der Waals surface area (Å²) in [5.74, 6) is 0. The third-order valence-electron chi connectivity index (χ3n) is 5.97. The topological polar surface area (TPSA) is 44.0 Å². The van der Waals surface area contributed by atoms with Crippen LogP contribution >= 0.6 is 12.2 Å². The van der Waals surface area contributed by atoms with Gasteiger partial charge in [0.15, 0.2) is 5.11 Å². The molecule has 0 aliphatic heterocycles. The Morgan fingerprint density at radius 1 is 1.17 bits per heavy atom. The minimum absolute atomic E-state index is 0.516. The van der Waals surface area contributed by atoms with E-state index in [0.717, 1.165) is 24.6 Å². The monoisotopic (exact) mass is 406 g/mol. The van der Waals surface area contributed by atoms with Crippen LogP contribution in [0.25, 0.3) is 10.9 Å². The van der Waals surface area contributed by atoms with Gasteiger partial charge in [-0.1, -0.05) is 43.5 Å². The van der Waals surface area contributed by atoms with Gasteiger partial charge in [-0.2, -0.15) is 0 Å². The maximum atomic E-state index is 5.87. The molecular formula is C24H30N4S. The summed E-state index contributed by atoms with van der Waals surface area (Å²) in [6.07, 6.45) is 11.1. The number of nitrogens with one attached hydrogen (secondary N) is 2. The molecule has 152 valence electrons. The van der Waals surface area contributed by atoms with Gasteiger partial charge in [0, 0.05) is 48.1 Å². The van der Waals surface area contributed by atoms with Crippen LogP contribution in [-0.4, -0.2) is 32.6 Å². The van der Waals surface area contributed by atoms with Crippen molar-refractivity contribution in [3.63, 3.8) is 0 Å². The molecule has 1 aliphatic carbocycles. The van der Waals surface area contributed by atoms with E-state index in [1.165, 1.54) is 59.8 Å². The van der Waals surface area contributed by atoms with Crippen molar-refractivity contribution in [1.29, 1.82) is 0 Å². The van der Waals surface area contributed by atoms with Gasteiger partial charge >= 0.3 is 0 Å². The SMILES string of the molecule is Cc1[nH]c2ccccc2c1CCN(Cc1cccnc1)C(=S)NC1CCCCC1. The average Bonchev–Trinajstić information content (AvgIpc) is 3.07. The number of nitrogens with zero attached hydrogens (tertiary/aromatic N) is 2. The highest BCUT2D eigenvalue weighted by Gasteiger charge is 2.18. The molecule has 29 heavy (non-hydrogen) atoms. The third kappa shape index (κ3) is 4.96. The van der Waals surface area contributed by atoms with Crippen molar-refractivity contribution in [2.75, 3.05) is 6.54 Å². The molecule has 0 saturated heterocycles. The number of H-pyrrole nitrogens is 1. The molecule has 0 atom stereocenters. The van der Waals surface area contributed by atoms with Gasteiger partial charge in [-0.25, -0.2) is 0 Å². The lowest BCUT2D eigenvalue weighted by atomic mass is 9.96. The van der Waals surface area contributed by atoms with Crippen LogP contribution in [-0.2, 0) is 13.0 Å². The number of aryl methyl sites for hydroxylation is 1. The minimum Gasteiger partial charge on any atom is -0.360 e. The molecule has 0 bridgehead atoms. The van der Waals surface area contributed by atoms with E-state index >= 15 is 0 Å². The predicted octanol–water partition coefficient (Wildman–Crippen LogP) is 5.12. The van der Waals surface area contributed by atoms with Crippen molar-refractivity contribution in [2.45, 2.75) is 58.0 Å². The Bertz CT molecular complexity index is 944. The molecule has 2 aromatic heterocycles. The van der Waals surface area contributed by atoms with E-state index < -0.39 is 0 Å². The lowest BCUT2D eigenvalue weighted by Gasteiger charge is -2.31.